The molecule has 0 aliphatic carbocycles. The Morgan fingerprint density at radius 2 is 1.97 bits per heavy atom. The molecule has 0 bridgehead atoms. The molecule has 1 amide bonds. The Kier molecular flexibility index (Phi) is 7.08. The third kappa shape index (κ3) is 5.17. The monoisotopic (exact) mass is 438 g/mol. The Hall–Kier alpha value is -2.89. The summed E-state index contributed by atoms with van der Waals surface area (Å²) in [6.07, 6.45) is 1.48. The summed E-state index contributed by atoms with van der Waals surface area (Å²) in [7, 11) is -2.55. The van der Waals surface area contributed by atoms with Gasteiger partial charge in [0.25, 0.3) is 5.91 Å². The summed E-state index contributed by atoms with van der Waals surface area (Å²) in [6.45, 7) is 0.629. The lowest BCUT2D eigenvalue weighted by atomic mass is 10.2. The molecule has 2 aromatic rings. The number of furan rings is 1. The highest BCUT2D eigenvalue weighted by Crippen LogP contribution is 2.28. The van der Waals surface area contributed by atoms with Gasteiger partial charge < -0.3 is 23.9 Å². The number of nitrogens with zero attached hydrogens (tertiary/aromatic N) is 1. The minimum Gasteiger partial charge on any atom is -0.495 e. The number of morpholine rings is 1. The van der Waals surface area contributed by atoms with E-state index < -0.39 is 28.5 Å². The molecule has 1 saturated heterocycles. The molecule has 0 saturated carbocycles. The lowest BCUT2D eigenvalue weighted by molar-refractivity contribution is -0.124. The van der Waals surface area contributed by atoms with Gasteiger partial charge in [0, 0.05) is 13.1 Å². The van der Waals surface area contributed by atoms with Crippen LogP contribution in [0.3, 0.4) is 0 Å². The summed E-state index contributed by atoms with van der Waals surface area (Å²) >= 11 is 0. The van der Waals surface area contributed by atoms with Crippen LogP contribution in [0.2, 0.25) is 0 Å². The molecule has 10 nitrogen and oxygen atoms in total. The van der Waals surface area contributed by atoms with E-state index in [-0.39, 0.29) is 49.1 Å². The number of hydrogen-bond acceptors (Lipinski definition) is 8. The van der Waals surface area contributed by atoms with Crippen molar-refractivity contribution in [1.82, 2.24) is 9.62 Å². The highest BCUT2D eigenvalue weighted by molar-refractivity contribution is 7.89. The molecule has 0 spiro atoms. The number of methoxy groups -OCH3 is 1. The van der Waals surface area contributed by atoms with Crippen LogP contribution >= 0.6 is 0 Å². The van der Waals surface area contributed by atoms with E-state index in [0.717, 1.165) is 0 Å². The van der Waals surface area contributed by atoms with Crippen LogP contribution in [0.1, 0.15) is 16.1 Å². The van der Waals surface area contributed by atoms with Crippen LogP contribution in [0, 0.1) is 0 Å². The zero-order valence-corrected chi connectivity index (χ0v) is 17.1. The number of sulfonamides is 1. The lowest BCUT2D eigenvalue weighted by Crippen LogP contribution is -2.40. The first kappa shape index (κ1) is 21.8. The predicted octanol–water partition coefficient (Wildman–Crippen LogP) is 0.782. The molecule has 1 aromatic heterocycles. The largest absolute Gasteiger partial charge is 0.495 e. The van der Waals surface area contributed by atoms with Crippen LogP contribution in [0.25, 0.3) is 0 Å². The van der Waals surface area contributed by atoms with Gasteiger partial charge in [0.1, 0.15) is 16.4 Å². The minimum absolute atomic E-state index is 0.0125. The molecule has 0 atom stereocenters. The summed E-state index contributed by atoms with van der Waals surface area (Å²) in [5.74, 6) is -0.685. The van der Waals surface area contributed by atoms with Gasteiger partial charge in [-0.1, -0.05) is 0 Å². The van der Waals surface area contributed by atoms with E-state index in [4.69, 9.17) is 18.6 Å². The maximum atomic E-state index is 13.0. The number of amides is 1. The van der Waals surface area contributed by atoms with Crippen LogP contribution < -0.4 is 10.1 Å². The third-order valence-electron chi connectivity index (χ3n) is 4.36. The van der Waals surface area contributed by atoms with E-state index in [2.05, 4.69) is 5.32 Å². The minimum atomic E-state index is -3.89. The van der Waals surface area contributed by atoms with Crippen LogP contribution in [0.4, 0.5) is 0 Å². The normalized spacial score (nSPS) is 14.8. The van der Waals surface area contributed by atoms with Gasteiger partial charge in [0.05, 0.1) is 38.7 Å². The van der Waals surface area contributed by atoms with Gasteiger partial charge in [-0.3, -0.25) is 4.79 Å². The predicted molar refractivity (Wildman–Crippen MR) is 103 cm³/mol. The summed E-state index contributed by atoms with van der Waals surface area (Å²) < 4.78 is 47.7. The maximum absolute atomic E-state index is 13.0. The zero-order chi connectivity index (χ0) is 21.6. The summed E-state index contributed by atoms with van der Waals surface area (Å²) in [6, 6.07) is 7.32. The summed E-state index contributed by atoms with van der Waals surface area (Å²) in [4.78, 5) is 24.0. The van der Waals surface area contributed by atoms with Crippen molar-refractivity contribution in [2.45, 2.75) is 11.4 Å². The van der Waals surface area contributed by atoms with Gasteiger partial charge in [-0.15, -0.1) is 0 Å². The van der Waals surface area contributed by atoms with Crippen LogP contribution in [-0.2, 0) is 30.8 Å². The fraction of sp³-hybridized carbons (Fsp3) is 0.368. The van der Waals surface area contributed by atoms with Gasteiger partial charge in [-0.05, 0) is 30.3 Å². The summed E-state index contributed by atoms with van der Waals surface area (Å²) in [5, 5.41) is 2.54. The fourth-order valence-electron chi connectivity index (χ4n) is 2.80. The number of rotatable bonds is 8. The van der Waals surface area contributed by atoms with Crippen molar-refractivity contribution >= 4 is 21.9 Å². The molecule has 1 N–H and O–H groups in total. The smallest absolute Gasteiger partial charge is 0.338 e. The second-order valence-electron chi connectivity index (χ2n) is 6.31. The number of carbonyl (C=O) groups is 2. The fourth-order valence-corrected chi connectivity index (χ4v) is 4.39. The molecule has 30 heavy (non-hydrogen) atoms. The van der Waals surface area contributed by atoms with E-state index in [1.165, 1.54) is 35.9 Å². The lowest BCUT2D eigenvalue weighted by Gasteiger charge is -2.26. The highest BCUT2D eigenvalue weighted by atomic mass is 32.2. The van der Waals surface area contributed by atoms with Crippen LogP contribution in [-0.4, -0.2) is 64.6 Å². The van der Waals surface area contributed by atoms with E-state index in [9.17, 15) is 18.0 Å². The molecule has 1 aliphatic heterocycles. The van der Waals surface area contributed by atoms with Crippen molar-refractivity contribution < 1.29 is 36.6 Å². The molecule has 11 heteroatoms. The Morgan fingerprint density at radius 3 is 2.63 bits per heavy atom. The van der Waals surface area contributed by atoms with Gasteiger partial charge in [-0.25, -0.2) is 13.2 Å². The van der Waals surface area contributed by atoms with Gasteiger partial charge in [0.2, 0.25) is 10.0 Å². The molecule has 0 unspecified atom stereocenters. The van der Waals surface area contributed by atoms with Crippen molar-refractivity contribution in [1.29, 1.82) is 0 Å². The number of ether oxygens (including phenoxy) is 3. The Morgan fingerprint density at radius 1 is 1.20 bits per heavy atom. The molecule has 3 rings (SSSR count). The molecule has 162 valence electrons. The van der Waals surface area contributed by atoms with E-state index in [1.54, 1.807) is 12.1 Å². The SMILES string of the molecule is COc1ccc(C(=O)OCC(=O)NCc2ccco2)cc1S(=O)(=O)N1CCOCC1. The van der Waals surface area contributed by atoms with Gasteiger partial charge in [-0.2, -0.15) is 4.31 Å². The van der Waals surface area contributed by atoms with E-state index in [0.29, 0.717) is 5.76 Å². The Labute approximate surface area is 173 Å². The Balaban J connectivity index is 1.67. The molecule has 1 aromatic carbocycles. The first-order chi connectivity index (χ1) is 14.4. The molecular weight excluding hydrogens is 416 g/mol. The van der Waals surface area contributed by atoms with Crippen molar-refractivity contribution in [2.75, 3.05) is 40.0 Å². The van der Waals surface area contributed by atoms with Crippen molar-refractivity contribution in [3.63, 3.8) is 0 Å². The molecule has 2 heterocycles. The molecule has 1 fully saturated rings. The first-order valence-corrected chi connectivity index (χ1v) is 10.6. The van der Waals surface area contributed by atoms with E-state index >= 15 is 0 Å². The Bertz CT molecular complexity index is 982. The second kappa shape index (κ2) is 9.74. The van der Waals surface area contributed by atoms with Crippen molar-refractivity contribution in [3.8, 4) is 5.75 Å². The highest BCUT2D eigenvalue weighted by Gasteiger charge is 2.30. The van der Waals surface area contributed by atoms with Gasteiger partial charge >= 0.3 is 5.97 Å². The summed E-state index contributed by atoms with van der Waals surface area (Å²) in [5.41, 5.74) is -0.0125. The quantitative estimate of drug-likeness (QED) is 0.600. The number of carbonyl (C=O) groups excluding carboxylic acids is 2. The van der Waals surface area contributed by atoms with Crippen LogP contribution in [0.5, 0.6) is 5.75 Å². The van der Waals surface area contributed by atoms with Crippen molar-refractivity contribution in [2.24, 2.45) is 0 Å². The standard InChI is InChI=1S/C19H22N2O8S/c1-26-16-5-4-14(11-17(16)30(24,25)21-6-9-27-10-7-21)19(23)29-13-18(22)20-12-15-3-2-8-28-15/h2-5,8,11H,6-7,9-10,12-13H2,1H3,(H,20,22). The topological polar surface area (TPSA) is 124 Å². The second-order valence-corrected chi connectivity index (χ2v) is 8.22. The molecule has 1 aliphatic rings. The van der Waals surface area contributed by atoms with Gasteiger partial charge in [0.15, 0.2) is 6.61 Å². The zero-order valence-electron chi connectivity index (χ0n) is 16.3. The molecular formula is C19H22N2O8S. The third-order valence-corrected chi connectivity index (χ3v) is 6.28. The molecule has 0 radical (unpaired) electrons. The maximum Gasteiger partial charge on any atom is 0.338 e. The average molecular weight is 438 g/mol. The number of benzene rings is 1. The number of nitrogens with one attached hydrogen (secondary N) is 1. The average Bonchev–Trinajstić information content (AvgIpc) is 3.30. The van der Waals surface area contributed by atoms with E-state index in [1.807, 2.05) is 0 Å². The number of hydrogen-bond donors (Lipinski definition) is 1. The van der Waals surface area contributed by atoms with Crippen molar-refractivity contribution in [3.05, 3.63) is 47.9 Å². The number of esters is 1. The first-order valence-electron chi connectivity index (χ1n) is 9.14. The van der Waals surface area contributed by atoms with Crippen LogP contribution in [0.15, 0.2) is 45.9 Å².